The van der Waals surface area contributed by atoms with Crippen LogP contribution in [0.4, 0.5) is 0 Å². The molecule has 0 radical (unpaired) electrons. The summed E-state index contributed by atoms with van der Waals surface area (Å²) >= 11 is 0. The fourth-order valence-corrected chi connectivity index (χ4v) is 3.00. The van der Waals surface area contributed by atoms with Crippen molar-refractivity contribution in [2.45, 2.75) is 33.4 Å². The van der Waals surface area contributed by atoms with Crippen molar-refractivity contribution >= 4 is 16.8 Å². The van der Waals surface area contributed by atoms with Crippen LogP contribution in [0.5, 0.6) is 5.75 Å². The van der Waals surface area contributed by atoms with Gasteiger partial charge in [0.25, 0.3) is 5.56 Å². The lowest BCUT2D eigenvalue weighted by Gasteiger charge is -2.16. The van der Waals surface area contributed by atoms with Gasteiger partial charge in [-0.25, -0.2) is 4.98 Å². The minimum Gasteiger partial charge on any atom is -0.494 e. The van der Waals surface area contributed by atoms with Crippen molar-refractivity contribution in [2.75, 3.05) is 6.61 Å². The van der Waals surface area contributed by atoms with Gasteiger partial charge in [-0.05, 0) is 50.6 Å². The number of carbonyl (C=O) groups is 1. The van der Waals surface area contributed by atoms with E-state index in [1.807, 2.05) is 44.2 Å². The van der Waals surface area contributed by atoms with E-state index in [9.17, 15) is 9.59 Å². The van der Waals surface area contributed by atoms with Crippen molar-refractivity contribution in [2.24, 2.45) is 0 Å². The Bertz CT molecular complexity index is 1010. The molecule has 1 atom stereocenters. The van der Waals surface area contributed by atoms with E-state index in [-0.39, 0.29) is 24.1 Å². The molecular weight excluding hydrogens is 342 g/mol. The summed E-state index contributed by atoms with van der Waals surface area (Å²) in [5, 5.41) is 3.44. The number of para-hydroxylation sites is 1. The molecule has 1 aromatic heterocycles. The zero-order valence-electron chi connectivity index (χ0n) is 15.7. The van der Waals surface area contributed by atoms with Crippen LogP contribution in [-0.2, 0) is 11.3 Å². The van der Waals surface area contributed by atoms with Crippen LogP contribution in [0.2, 0.25) is 0 Å². The third-order valence-electron chi connectivity index (χ3n) is 4.42. The average Bonchev–Trinajstić information content (AvgIpc) is 2.66. The van der Waals surface area contributed by atoms with Crippen LogP contribution in [0.25, 0.3) is 10.9 Å². The van der Waals surface area contributed by atoms with Crippen LogP contribution in [-0.4, -0.2) is 22.1 Å². The number of hydrogen-bond acceptors (Lipinski definition) is 4. The third kappa shape index (κ3) is 4.16. The summed E-state index contributed by atoms with van der Waals surface area (Å²) in [6.45, 7) is 6.12. The largest absolute Gasteiger partial charge is 0.494 e. The number of aromatic nitrogens is 2. The zero-order valence-corrected chi connectivity index (χ0v) is 15.7. The topological polar surface area (TPSA) is 73.2 Å². The number of nitrogens with one attached hydrogen (secondary N) is 1. The normalized spacial score (nSPS) is 12.0. The van der Waals surface area contributed by atoms with Crippen LogP contribution >= 0.6 is 0 Å². The van der Waals surface area contributed by atoms with Crippen molar-refractivity contribution in [1.29, 1.82) is 0 Å². The molecule has 0 saturated carbocycles. The summed E-state index contributed by atoms with van der Waals surface area (Å²) in [6.07, 6.45) is 0. The van der Waals surface area contributed by atoms with Crippen molar-refractivity contribution in [3.63, 3.8) is 0 Å². The van der Waals surface area contributed by atoms with E-state index in [0.29, 0.717) is 23.3 Å². The van der Waals surface area contributed by atoms with Crippen LogP contribution in [0, 0.1) is 6.92 Å². The first-order chi connectivity index (χ1) is 13.0. The molecule has 0 bridgehead atoms. The Hall–Kier alpha value is -3.15. The number of amides is 1. The molecule has 0 aliphatic rings. The molecular formula is C21H23N3O3. The fraction of sp³-hybridized carbons (Fsp3) is 0.286. The minimum absolute atomic E-state index is 0.0656. The molecule has 3 aromatic rings. The van der Waals surface area contributed by atoms with E-state index in [1.54, 1.807) is 25.1 Å². The van der Waals surface area contributed by atoms with E-state index in [1.165, 1.54) is 4.57 Å². The van der Waals surface area contributed by atoms with Gasteiger partial charge >= 0.3 is 0 Å². The van der Waals surface area contributed by atoms with Crippen molar-refractivity contribution in [3.8, 4) is 5.75 Å². The Morgan fingerprint density at radius 2 is 1.89 bits per heavy atom. The Kier molecular flexibility index (Phi) is 5.54. The van der Waals surface area contributed by atoms with Crippen LogP contribution in [0.3, 0.4) is 0 Å². The van der Waals surface area contributed by atoms with Gasteiger partial charge in [-0.2, -0.15) is 0 Å². The summed E-state index contributed by atoms with van der Waals surface area (Å²) in [4.78, 5) is 29.6. The van der Waals surface area contributed by atoms with Crippen molar-refractivity contribution in [3.05, 3.63) is 70.3 Å². The molecule has 3 rings (SSSR count). The van der Waals surface area contributed by atoms with Gasteiger partial charge in [0.05, 0.1) is 23.6 Å². The summed E-state index contributed by atoms with van der Waals surface area (Å²) < 4.78 is 6.84. The van der Waals surface area contributed by atoms with Gasteiger partial charge in [-0.1, -0.05) is 24.3 Å². The highest BCUT2D eigenvalue weighted by molar-refractivity contribution is 5.79. The standard InChI is InChI=1S/C21H23N3O3/c1-4-27-17-11-9-16(10-12-17)14(2)22-20(25)13-24-15(3)23-19-8-6-5-7-18(19)21(24)26/h5-12,14H,4,13H2,1-3H3,(H,22,25). The maximum Gasteiger partial charge on any atom is 0.261 e. The van der Waals surface area contributed by atoms with E-state index in [0.717, 1.165) is 11.3 Å². The van der Waals surface area contributed by atoms with Crippen LogP contribution in [0.15, 0.2) is 53.3 Å². The van der Waals surface area contributed by atoms with Crippen LogP contribution in [0.1, 0.15) is 31.3 Å². The van der Waals surface area contributed by atoms with Gasteiger partial charge in [-0.3, -0.25) is 14.2 Å². The molecule has 140 valence electrons. The maximum atomic E-state index is 12.7. The molecule has 1 heterocycles. The van der Waals surface area contributed by atoms with Gasteiger partial charge < -0.3 is 10.1 Å². The predicted octanol–water partition coefficient (Wildman–Crippen LogP) is 2.98. The van der Waals surface area contributed by atoms with Gasteiger partial charge in [0.1, 0.15) is 18.1 Å². The van der Waals surface area contributed by atoms with Gasteiger partial charge in [0.2, 0.25) is 5.91 Å². The Morgan fingerprint density at radius 1 is 1.19 bits per heavy atom. The van der Waals surface area contributed by atoms with Gasteiger partial charge in [-0.15, -0.1) is 0 Å². The fourth-order valence-electron chi connectivity index (χ4n) is 3.00. The Labute approximate surface area is 157 Å². The number of rotatable bonds is 6. The third-order valence-corrected chi connectivity index (χ3v) is 4.42. The highest BCUT2D eigenvalue weighted by atomic mass is 16.5. The van der Waals surface area contributed by atoms with E-state index >= 15 is 0 Å². The molecule has 0 aliphatic carbocycles. The van der Waals surface area contributed by atoms with Gasteiger partial charge in [0.15, 0.2) is 0 Å². The zero-order chi connectivity index (χ0) is 19.4. The highest BCUT2D eigenvalue weighted by Gasteiger charge is 2.14. The molecule has 0 saturated heterocycles. The lowest BCUT2D eigenvalue weighted by atomic mass is 10.1. The summed E-state index contributed by atoms with van der Waals surface area (Å²) in [6, 6.07) is 14.6. The second kappa shape index (κ2) is 8.03. The van der Waals surface area contributed by atoms with E-state index < -0.39 is 0 Å². The minimum atomic E-state index is -0.237. The first-order valence-corrected chi connectivity index (χ1v) is 8.98. The lowest BCUT2D eigenvalue weighted by Crippen LogP contribution is -2.35. The molecule has 27 heavy (non-hydrogen) atoms. The number of aryl methyl sites for hydroxylation is 1. The summed E-state index contributed by atoms with van der Waals surface area (Å²) in [5.41, 5.74) is 1.40. The summed E-state index contributed by atoms with van der Waals surface area (Å²) in [7, 11) is 0. The quantitative estimate of drug-likeness (QED) is 0.729. The molecule has 6 heteroatoms. The van der Waals surface area contributed by atoms with Crippen molar-refractivity contribution in [1.82, 2.24) is 14.9 Å². The summed E-state index contributed by atoms with van der Waals surface area (Å²) in [5.74, 6) is 1.07. The van der Waals surface area contributed by atoms with Gasteiger partial charge in [0, 0.05) is 0 Å². The first-order valence-electron chi connectivity index (χ1n) is 8.98. The maximum absolute atomic E-state index is 12.7. The SMILES string of the molecule is CCOc1ccc(C(C)NC(=O)Cn2c(C)nc3ccccc3c2=O)cc1. The molecule has 0 spiro atoms. The predicted molar refractivity (Wildman–Crippen MR) is 105 cm³/mol. The number of hydrogen-bond donors (Lipinski definition) is 1. The number of ether oxygens (including phenoxy) is 1. The molecule has 6 nitrogen and oxygen atoms in total. The Morgan fingerprint density at radius 3 is 2.59 bits per heavy atom. The first kappa shape index (κ1) is 18.6. The van der Waals surface area contributed by atoms with E-state index in [2.05, 4.69) is 10.3 Å². The lowest BCUT2D eigenvalue weighted by molar-refractivity contribution is -0.122. The average molecular weight is 365 g/mol. The number of nitrogens with zero attached hydrogens (tertiary/aromatic N) is 2. The molecule has 1 amide bonds. The molecule has 0 fully saturated rings. The second-order valence-electron chi connectivity index (χ2n) is 6.36. The highest BCUT2D eigenvalue weighted by Crippen LogP contribution is 2.17. The number of fused-ring (bicyclic) bond motifs is 1. The second-order valence-corrected chi connectivity index (χ2v) is 6.36. The monoisotopic (exact) mass is 365 g/mol. The molecule has 0 aliphatic heterocycles. The Balaban J connectivity index is 1.74. The van der Waals surface area contributed by atoms with E-state index in [4.69, 9.17) is 4.74 Å². The number of benzene rings is 2. The number of carbonyl (C=O) groups excluding carboxylic acids is 1. The molecule has 2 aromatic carbocycles. The van der Waals surface area contributed by atoms with Crippen LogP contribution < -0.4 is 15.6 Å². The molecule has 1 unspecified atom stereocenters. The van der Waals surface area contributed by atoms with Crippen molar-refractivity contribution < 1.29 is 9.53 Å². The molecule has 1 N–H and O–H groups in total. The smallest absolute Gasteiger partial charge is 0.261 e.